The molecule has 0 bridgehead atoms. The Morgan fingerprint density at radius 1 is 1.08 bits per heavy atom. The number of hydrogen-bond acceptors (Lipinski definition) is 4. The van der Waals surface area contributed by atoms with Gasteiger partial charge in [-0.05, 0) is 54.7 Å². The number of aromatic nitrogens is 1. The fraction of sp³-hybridized carbons (Fsp3) is 0.414. The quantitative estimate of drug-likeness (QED) is 0.392. The van der Waals surface area contributed by atoms with Gasteiger partial charge < -0.3 is 25.0 Å². The first-order valence-corrected chi connectivity index (χ1v) is 12.7. The summed E-state index contributed by atoms with van der Waals surface area (Å²) in [5.41, 5.74) is 3.05. The van der Waals surface area contributed by atoms with Gasteiger partial charge in [0.15, 0.2) is 0 Å². The Kier molecular flexibility index (Phi) is 7.86. The van der Waals surface area contributed by atoms with Crippen molar-refractivity contribution in [3.63, 3.8) is 0 Å². The molecule has 1 saturated carbocycles. The van der Waals surface area contributed by atoms with Crippen LogP contribution in [0.4, 0.5) is 0 Å². The zero-order valence-electron chi connectivity index (χ0n) is 21.8. The van der Waals surface area contributed by atoms with Crippen molar-refractivity contribution < 1.29 is 24.2 Å². The number of rotatable bonds is 9. The summed E-state index contributed by atoms with van der Waals surface area (Å²) in [5.74, 6) is -1.24. The molecule has 4 rings (SSSR count). The molecule has 0 saturated heterocycles. The number of aromatic carboxylic acids is 1. The summed E-state index contributed by atoms with van der Waals surface area (Å²) in [4.78, 5) is 42.6. The zero-order chi connectivity index (χ0) is 26.7. The molecule has 2 unspecified atom stereocenters. The van der Waals surface area contributed by atoms with Gasteiger partial charge >= 0.3 is 5.97 Å². The maximum absolute atomic E-state index is 13.2. The Hall–Kier alpha value is -3.81. The standard InChI is InChI=1S/C29H35N3O5/c1-17(28(34)32(2)3)26(21-11-9-20(29(35)36)14-25(21)37-4)23-16-30-24-12-10-19(13-22(23)24)27(33)31-15-18-7-5-6-8-18/h9-14,16-18,26,30H,5-8,15H2,1-4H3,(H,31,33)(H,35,36). The normalized spacial score (nSPS) is 15.4. The highest BCUT2D eigenvalue weighted by molar-refractivity contribution is 5.99. The number of carbonyl (C=O) groups is 3. The van der Waals surface area contributed by atoms with Gasteiger partial charge in [-0.1, -0.05) is 25.8 Å². The molecular formula is C29H35N3O5. The molecule has 1 aliphatic carbocycles. The number of aromatic amines is 1. The van der Waals surface area contributed by atoms with Crippen LogP contribution in [0.2, 0.25) is 0 Å². The molecule has 1 heterocycles. The molecule has 1 aliphatic rings. The Morgan fingerprint density at radius 3 is 2.43 bits per heavy atom. The zero-order valence-corrected chi connectivity index (χ0v) is 21.8. The van der Waals surface area contributed by atoms with Crippen LogP contribution in [-0.4, -0.2) is 60.5 Å². The molecule has 0 spiro atoms. The minimum absolute atomic E-state index is 0.0748. The van der Waals surface area contributed by atoms with Crippen LogP contribution in [0, 0.1) is 11.8 Å². The topological polar surface area (TPSA) is 112 Å². The summed E-state index contributed by atoms with van der Waals surface area (Å²) in [6, 6.07) is 10.3. The minimum atomic E-state index is -1.06. The Labute approximate surface area is 217 Å². The van der Waals surface area contributed by atoms with Crippen LogP contribution >= 0.6 is 0 Å². The van der Waals surface area contributed by atoms with Gasteiger partial charge in [-0.3, -0.25) is 9.59 Å². The Balaban J connectivity index is 1.77. The van der Waals surface area contributed by atoms with Crippen molar-refractivity contribution in [3.8, 4) is 5.75 Å². The van der Waals surface area contributed by atoms with E-state index in [9.17, 15) is 19.5 Å². The molecule has 3 aromatic rings. The van der Waals surface area contributed by atoms with E-state index in [1.807, 2.05) is 25.3 Å². The van der Waals surface area contributed by atoms with Gasteiger partial charge in [0.2, 0.25) is 5.91 Å². The highest BCUT2D eigenvalue weighted by Crippen LogP contribution is 2.41. The third-order valence-electron chi connectivity index (χ3n) is 7.48. The molecule has 8 heteroatoms. The number of nitrogens with zero attached hydrogens (tertiary/aromatic N) is 1. The minimum Gasteiger partial charge on any atom is -0.496 e. The molecule has 2 atom stereocenters. The van der Waals surface area contributed by atoms with Crippen molar-refractivity contribution >= 4 is 28.7 Å². The molecular weight excluding hydrogens is 470 g/mol. The molecule has 37 heavy (non-hydrogen) atoms. The highest BCUT2D eigenvalue weighted by atomic mass is 16.5. The summed E-state index contributed by atoms with van der Waals surface area (Å²) in [5, 5.41) is 13.4. The summed E-state index contributed by atoms with van der Waals surface area (Å²) >= 11 is 0. The van der Waals surface area contributed by atoms with Crippen LogP contribution in [0.3, 0.4) is 0 Å². The number of benzene rings is 2. The third-order valence-corrected chi connectivity index (χ3v) is 7.48. The van der Waals surface area contributed by atoms with E-state index in [1.165, 1.54) is 32.1 Å². The Morgan fingerprint density at radius 2 is 1.78 bits per heavy atom. The van der Waals surface area contributed by atoms with Crippen molar-refractivity contribution in [3.05, 3.63) is 64.8 Å². The van der Waals surface area contributed by atoms with Crippen LogP contribution in [0.5, 0.6) is 5.75 Å². The molecule has 2 aromatic carbocycles. The van der Waals surface area contributed by atoms with Crippen LogP contribution in [0.1, 0.15) is 70.4 Å². The number of hydrogen-bond donors (Lipinski definition) is 3. The second-order valence-electron chi connectivity index (χ2n) is 10.1. The molecule has 1 fully saturated rings. The maximum Gasteiger partial charge on any atom is 0.335 e. The first-order chi connectivity index (χ1) is 17.7. The van der Waals surface area contributed by atoms with E-state index in [2.05, 4.69) is 10.3 Å². The van der Waals surface area contributed by atoms with Gasteiger partial charge in [-0.25, -0.2) is 4.79 Å². The molecule has 2 amide bonds. The van der Waals surface area contributed by atoms with Gasteiger partial charge in [-0.15, -0.1) is 0 Å². The molecule has 1 aromatic heterocycles. The lowest BCUT2D eigenvalue weighted by molar-refractivity contribution is -0.132. The van der Waals surface area contributed by atoms with Gasteiger partial charge in [0.25, 0.3) is 5.91 Å². The monoisotopic (exact) mass is 505 g/mol. The van der Waals surface area contributed by atoms with Gasteiger partial charge in [0, 0.05) is 60.7 Å². The number of ether oxygens (including phenoxy) is 1. The fourth-order valence-electron chi connectivity index (χ4n) is 5.45. The molecule has 0 radical (unpaired) electrons. The first-order valence-electron chi connectivity index (χ1n) is 12.7. The van der Waals surface area contributed by atoms with Crippen molar-refractivity contribution in [1.29, 1.82) is 0 Å². The molecule has 3 N–H and O–H groups in total. The fourth-order valence-corrected chi connectivity index (χ4v) is 5.45. The summed E-state index contributed by atoms with van der Waals surface area (Å²) in [6.45, 7) is 2.54. The summed E-state index contributed by atoms with van der Waals surface area (Å²) in [6.07, 6.45) is 6.62. The van der Waals surface area contributed by atoms with Gasteiger partial charge in [0.05, 0.1) is 12.7 Å². The molecule has 196 valence electrons. The van der Waals surface area contributed by atoms with Crippen molar-refractivity contribution in [2.45, 2.75) is 38.5 Å². The van der Waals surface area contributed by atoms with E-state index in [0.29, 0.717) is 29.3 Å². The van der Waals surface area contributed by atoms with Gasteiger partial charge in [-0.2, -0.15) is 0 Å². The predicted molar refractivity (Wildman–Crippen MR) is 142 cm³/mol. The number of carboxylic acids is 1. The average Bonchev–Trinajstić information content (AvgIpc) is 3.56. The van der Waals surface area contributed by atoms with Crippen LogP contribution in [0.25, 0.3) is 10.9 Å². The van der Waals surface area contributed by atoms with Crippen molar-refractivity contribution in [2.24, 2.45) is 11.8 Å². The van der Waals surface area contributed by atoms with E-state index in [1.54, 1.807) is 31.1 Å². The largest absolute Gasteiger partial charge is 0.496 e. The first kappa shape index (κ1) is 26.3. The number of carbonyl (C=O) groups excluding carboxylic acids is 2. The lowest BCUT2D eigenvalue weighted by Gasteiger charge is -2.27. The predicted octanol–water partition coefficient (Wildman–Crippen LogP) is 4.65. The van der Waals surface area contributed by atoms with Crippen molar-refractivity contribution in [1.82, 2.24) is 15.2 Å². The number of amides is 2. The van der Waals surface area contributed by atoms with E-state index in [0.717, 1.165) is 29.3 Å². The number of carboxylic acid groups (broad SMARTS) is 1. The maximum atomic E-state index is 13.2. The van der Waals surface area contributed by atoms with Crippen LogP contribution < -0.4 is 10.1 Å². The third kappa shape index (κ3) is 5.48. The number of methoxy groups -OCH3 is 1. The second kappa shape index (κ2) is 11.1. The SMILES string of the molecule is COc1cc(C(=O)O)ccc1C(c1c[nH]c2ccc(C(=O)NCC3CCCC3)cc12)C(C)C(=O)N(C)C. The van der Waals surface area contributed by atoms with E-state index in [4.69, 9.17) is 4.74 Å². The number of H-pyrrole nitrogens is 1. The van der Waals surface area contributed by atoms with Crippen LogP contribution in [-0.2, 0) is 4.79 Å². The van der Waals surface area contributed by atoms with E-state index < -0.39 is 17.8 Å². The molecule has 8 nitrogen and oxygen atoms in total. The number of fused-ring (bicyclic) bond motifs is 1. The number of nitrogens with one attached hydrogen (secondary N) is 2. The molecule has 0 aliphatic heterocycles. The highest BCUT2D eigenvalue weighted by Gasteiger charge is 2.32. The average molecular weight is 506 g/mol. The Bertz CT molecular complexity index is 1310. The van der Waals surface area contributed by atoms with E-state index >= 15 is 0 Å². The lowest BCUT2D eigenvalue weighted by atomic mass is 9.80. The van der Waals surface area contributed by atoms with Crippen LogP contribution in [0.15, 0.2) is 42.6 Å². The van der Waals surface area contributed by atoms with E-state index in [-0.39, 0.29) is 17.4 Å². The summed E-state index contributed by atoms with van der Waals surface area (Å²) in [7, 11) is 4.91. The summed E-state index contributed by atoms with van der Waals surface area (Å²) < 4.78 is 5.60. The van der Waals surface area contributed by atoms with Gasteiger partial charge in [0.1, 0.15) is 5.75 Å². The second-order valence-corrected chi connectivity index (χ2v) is 10.1. The lowest BCUT2D eigenvalue weighted by Crippen LogP contribution is -2.32. The smallest absolute Gasteiger partial charge is 0.335 e. The van der Waals surface area contributed by atoms with Crippen molar-refractivity contribution in [2.75, 3.05) is 27.7 Å².